The molecular formula is C25H25ClN10O2. The Labute approximate surface area is 223 Å². The Kier molecular flexibility index (Phi) is 6.04. The molecule has 4 heterocycles. The van der Waals surface area contributed by atoms with Crippen molar-refractivity contribution in [2.45, 2.75) is 37.8 Å². The first-order chi connectivity index (χ1) is 18.5. The van der Waals surface area contributed by atoms with Crippen LogP contribution in [0.5, 0.6) is 0 Å². The lowest BCUT2D eigenvalue weighted by molar-refractivity contribution is 0.112. The number of nitrogens with zero attached hydrogens (tertiary/aromatic N) is 8. The molecule has 38 heavy (non-hydrogen) atoms. The standard InChI is InChI=1S/C25H25ClN10O2/c1-38-25(37)35-7-5-15-4-6-34(13-20(15)35)19-9-14(10-27)8-18(21(19)26)31-24-32-22(30-16-2-3-16)23-29-12-17(11-28)36(23)33-24/h8-9,12,15-16,20H,2-7,13H2,1H3,(H2,30,31,32,33). The summed E-state index contributed by atoms with van der Waals surface area (Å²) in [5, 5.41) is 30.7. The molecule has 0 bridgehead atoms. The Hall–Kier alpha value is -4.29. The normalized spacial score (nSPS) is 20.5. The minimum Gasteiger partial charge on any atom is -0.453 e. The van der Waals surface area contributed by atoms with E-state index in [1.807, 2.05) is 0 Å². The number of amides is 1. The number of fused-ring (bicyclic) bond motifs is 2. The van der Waals surface area contributed by atoms with E-state index in [0.717, 1.165) is 32.2 Å². The maximum absolute atomic E-state index is 12.3. The smallest absolute Gasteiger partial charge is 0.409 e. The minimum atomic E-state index is -0.321. The van der Waals surface area contributed by atoms with Crippen LogP contribution in [0.15, 0.2) is 18.3 Å². The van der Waals surface area contributed by atoms with Gasteiger partial charge in [0, 0.05) is 25.7 Å². The van der Waals surface area contributed by atoms with E-state index in [0.29, 0.717) is 58.5 Å². The van der Waals surface area contributed by atoms with Gasteiger partial charge >= 0.3 is 6.09 Å². The summed E-state index contributed by atoms with van der Waals surface area (Å²) in [6.45, 7) is 2.01. The van der Waals surface area contributed by atoms with E-state index in [9.17, 15) is 15.3 Å². The molecule has 2 N–H and O–H groups in total. The summed E-state index contributed by atoms with van der Waals surface area (Å²) in [5.74, 6) is 1.14. The summed E-state index contributed by atoms with van der Waals surface area (Å²) in [5.41, 5.74) is 2.32. The van der Waals surface area contributed by atoms with Crippen molar-refractivity contribution in [3.05, 3.63) is 34.6 Å². The molecule has 1 aromatic carbocycles. The quantitative estimate of drug-likeness (QED) is 0.500. The number of rotatable bonds is 5. The average Bonchev–Trinajstić information content (AvgIpc) is 3.49. The molecule has 2 unspecified atom stereocenters. The Morgan fingerprint density at radius 1 is 1.18 bits per heavy atom. The first kappa shape index (κ1) is 24.1. The number of hydrogen-bond donors (Lipinski definition) is 2. The summed E-state index contributed by atoms with van der Waals surface area (Å²) in [6.07, 6.45) is 5.06. The SMILES string of the molecule is COC(=O)N1CCC2CCN(c3cc(C#N)cc(Nc4nc(NC5CC5)c5ncc(C#N)n5n4)c3Cl)CC21. The third kappa shape index (κ3) is 4.27. The third-order valence-electron chi connectivity index (χ3n) is 7.44. The Morgan fingerprint density at radius 3 is 2.74 bits per heavy atom. The lowest BCUT2D eigenvalue weighted by Crippen LogP contribution is -2.50. The fourth-order valence-electron chi connectivity index (χ4n) is 5.35. The highest BCUT2D eigenvalue weighted by molar-refractivity contribution is 6.36. The topological polar surface area (TPSA) is 148 Å². The molecule has 6 rings (SSSR count). The predicted molar refractivity (Wildman–Crippen MR) is 139 cm³/mol. The van der Waals surface area contributed by atoms with E-state index < -0.39 is 0 Å². The zero-order chi connectivity index (χ0) is 26.4. The van der Waals surface area contributed by atoms with Crippen molar-refractivity contribution >= 4 is 46.5 Å². The highest BCUT2D eigenvalue weighted by atomic mass is 35.5. The van der Waals surface area contributed by atoms with Gasteiger partial charge in [0.15, 0.2) is 17.2 Å². The van der Waals surface area contributed by atoms with Crippen LogP contribution in [0.25, 0.3) is 5.65 Å². The number of benzene rings is 1. The van der Waals surface area contributed by atoms with Crippen molar-refractivity contribution in [3.63, 3.8) is 0 Å². The molecule has 0 radical (unpaired) electrons. The minimum absolute atomic E-state index is 0.0156. The number of nitriles is 2. The van der Waals surface area contributed by atoms with Crippen molar-refractivity contribution in [2.24, 2.45) is 5.92 Å². The molecule has 13 heteroatoms. The number of carbonyl (C=O) groups is 1. The van der Waals surface area contributed by atoms with Gasteiger partial charge in [-0.2, -0.15) is 20.0 Å². The van der Waals surface area contributed by atoms with Crippen LogP contribution in [0.2, 0.25) is 5.02 Å². The molecule has 194 valence electrons. The van der Waals surface area contributed by atoms with E-state index in [-0.39, 0.29) is 23.8 Å². The molecule has 3 aliphatic rings. The Balaban J connectivity index is 1.34. The Morgan fingerprint density at radius 2 is 2.00 bits per heavy atom. The number of aromatic nitrogens is 4. The first-order valence-electron chi connectivity index (χ1n) is 12.5. The number of ether oxygens (including phenoxy) is 1. The second-order valence-corrected chi connectivity index (χ2v) is 10.2. The molecule has 3 aromatic rings. The molecule has 2 atom stereocenters. The van der Waals surface area contributed by atoms with Crippen LogP contribution in [0.1, 0.15) is 36.9 Å². The van der Waals surface area contributed by atoms with E-state index in [1.54, 1.807) is 17.0 Å². The highest BCUT2D eigenvalue weighted by Gasteiger charge is 2.41. The molecule has 2 aromatic heterocycles. The zero-order valence-electron chi connectivity index (χ0n) is 20.7. The van der Waals surface area contributed by atoms with Crippen molar-refractivity contribution in [3.8, 4) is 12.1 Å². The Bertz CT molecular complexity index is 1500. The van der Waals surface area contributed by atoms with Gasteiger partial charge in [-0.05, 0) is 43.7 Å². The van der Waals surface area contributed by atoms with Gasteiger partial charge in [-0.25, -0.2) is 9.78 Å². The summed E-state index contributed by atoms with van der Waals surface area (Å²) in [4.78, 5) is 25.1. The van der Waals surface area contributed by atoms with Gasteiger partial charge in [0.25, 0.3) is 0 Å². The van der Waals surface area contributed by atoms with Crippen molar-refractivity contribution < 1.29 is 9.53 Å². The highest BCUT2D eigenvalue weighted by Crippen LogP contribution is 2.40. The summed E-state index contributed by atoms with van der Waals surface area (Å²) in [6, 6.07) is 8.04. The second-order valence-electron chi connectivity index (χ2n) is 9.80. The maximum Gasteiger partial charge on any atom is 0.409 e. The fraction of sp³-hybridized carbons (Fsp3) is 0.440. The van der Waals surface area contributed by atoms with Gasteiger partial charge in [0.05, 0.1) is 47.4 Å². The van der Waals surface area contributed by atoms with E-state index in [4.69, 9.17) is 16.3 Å². The average molecular weight is 533 g/mol. The van der Waals surface area contributed by atoms with E-state index >= 15 is 0 Å². The number of imidazole rings is 1. The molecule has 1 amide bonds. The van der Waals surface area contributed by atoms with Gasteiger partial charge < -0.3 is 25.2 Å². The molecule has 0 spiro atoms. The van der Waals surface area contributed by atoms with Crippen LogP contribution in [0.4, 0.5) is 27.9 Å². The third-order valence-corrected chi connectivity index (χ3v) is 7.83. The van der Waals surface area contributed by atoms with Crippen LogP contribution < -0.4 is 15.5 Å². The number of piperidine rings is 1. The first-order valence-corrected chi connectivity index (χ1v) is 12.9. The fourth-order valence-corrected chi connectivity index (χ4v) is 5.62. The summed E-state index contributed by atoms with van der Waals surface area (Å²) in [7, 11) is 1.40. The number of anilines is 4. The molecule has 3 fully saturated rings. The molecule has 1 aliphatic carbocycles. The van der Waals surface area contributed by atoms with Gasteiger partial charge in [-0.15, -0.1) is 5.10 Å². The molecule has 12 nitrogen and oxygen atoms in total. The second kappa shape index (κ2) is 9.54. The van der Waals surface area contributed by atoms with Crippen molar-refractivity contribution in [1.82, 2.24) is 24.5 Å². The van der Waals surface area contributed by atoms with Crippen molar-refractivity contribution in [2.75, 3.05) is 42.3 Å². The van der Waals surface area contributed by atoms with E-state index in [1.165, 1.54) is 17.8 Å². The number of methoxy groups -OCH3 is 1. The number of likely N-dealkylation sites (tertiary alicyclic amines) is 1. The van der Waals surface area contributed by atoms with Crippen LogP contribution in [0, 0.1) is 28.6 Å². The molecular weight excluding hydrogens is 508 g/mol. The molecule has 1 saturated carbocycles. The number of nitrogens with one attached hydrogen (secondary N) is 2. The summed E-state index contributed by atoms with van der Waals surface area (Å²) < 4.78 is 6.43. The number of hydrogen-bond acceptors (Lipinski definition) is 10. The lowest BCUT2D eigenvalue weighted by Gasteiger charge is -2.39. The van der Waals surface area contributed by atoms with Gasteiger partial charge in [0.1, 0.15) is 6.07 Å². The van der Waals surface area contributed by atoms with Crippen molar-refractivity contribution in [1.29, 1.82) is 10.5 Å². The predicted octanol–water partition coefficient (Wildman–Crippen LogP) is 3.51. The van der Waals surface area contributed by atoms with Crippen LogP contribution in [-0.4, -0.2) is 69.4 Å². The van der Waals surface area contributed by atoms with Gasteiger partial charge in [0.2, 0.25) is 5.95 Å². The monoisotopic (exact) mass is 532 g/mol. The zero-order valence-corrected chi connectivity index (χ0v) is 21.4. The molecule has 2 aliphatic heterocycles. The lowest BCUT2D eigenvalue weighted by atomic mass is 9.91. The largest absolute Gasteiger partial charge is 0.453 e. The molecule has 2 saturated heterocycles. The van der Waals surface area contributed by atoms with Crippen LogP contribution in [0.3, 0.4) is 0 Å². The number of carbonyl (C=O) groups excluding carboxylic acids is 1. The van der Waals surface area contributed by atoms with Gasteiger partial charge in [-0.3, -0.25) is 0 Å². The van der Waals surface area contributed by atoms with Crippen LogP contribution in [-0.2, 0) is 4.74 Å². The maximum atomic E-state index is 12.3. The van der Waals surface area contributed by atoms with E-state index in [2.05, 4.69) is 42.7 Å². The number of halogens is 1. The van der Waals surface area contributed by atoms with Gasteiger partial charge in [-0.1, -0.05) is 11.6 Å². The summed E-state index contributed by atoms with van der Waals surface area (Å²) >= 11 is 6.92. The van der Waals surface area contributed by atoms with Crippen LogP contribution >= 0.6 is 11.6 Å².